The van der Waals surface area contributed by atoms with Crippen LogP contribution in [0, 0.1) is 18.3 Å². The zero-order valence-electron chi connectivity index (χ0n) is 32.7. The zero-order chi connectivity index (χ0) is 38.5. The van der Waals surface area contributed by atoms with E-state index in [1.54, 1.807) is 12.1 Å². The quantitative estimate of drug-likeness (QED) is 0.0511. The van der Waals surface area contributed by atoms with E-state index in [9.17, 15) is 14.7 Å². The number of rotatable bonds is 29. The lowest BCUT2D eigenvalue weighted by molar-refractivity contribution is -0.0560. The number of ether oxygens (including phenoxy) is 3. The van der Waals surface area contributed by atoms with Crippen molar-refractivity contribution in [1.29, 1.82) is 5.26 Å². The molecule has 1 aliphatic rings. The maximum Gasteiger partial charge on any atom is 0.472 e. The first-order valence-corrected chi connectivity index (χ1v) is 21.8. The minimum atomic E-state index is -4.48. The molecule has 1 aliphatic heterocycles. The summed E-state index contributed by atoms with van der Waals surface area (Å²) in [6.07, 6.45) is 21.9. The van der Waals surface area contributed by atoms with E-state index in [-0.39, 0.29) is 25.6 Å². The maximum absolute atomic E-state index is 13.0. The topological polar surface area (TPSA) is 163 Å². The van der Waals surface area contributed by atoms with E-state index < -0.39 is 25.6 Å². The predicted octanol–water partition coefficient (Wildman–Crippen LogP) is 9.51. The fourth-order valence-electron chi connectivity index (χ4n) is 6.87. The van der Waals surface area contributed by atoms with Crippen molar-refractivity contribution in [2.24, 2.45) is 0 Å². The molecule has 13 heteroatoms. The van der Waals surface area contributed by atoms with Crippen LogP contribution in [0.5, 0.6) is 0 Å². The van der Waals surface area contributed by atoms with E-state index in [1.165, 1.54) is 101 Å². The van der Waals surface area contributed by atoms with Gasteiger partial charge >= 0.3 is 7.82 Å². The third-order valence-electron chi connectivity index (χ3n) is 10.2. The van der Waals surface area contributed by atoms with Crippen molar-refractivity contribution >= 4 is 19.2 Å². The second-order valence-electron chi connectivity index (χ2n) is 14.7. The molecular weight excluding hydrogens is 705 g/mol. The fourth-order valence-corrected chi connectivity index (χ4v) is 7.66. The minimum Gasteiger partial charge on any atom is -0.382 e. The second kappa shape index (κ2) is 23.9. The molecule has 54 heavy (non-hydrogen) atoms. The lowest BCUT2D eigenvalue weighted by Gasteiger charge is -2.23. The minimum absolute atomic E-state index is 0.191. The summed E-state index contributed by atoms with van der Waals surface area (Å²) in [6.45, 7) is 4.99. The number of nitrogens with two attached hydrogens (primary N) is 1. The molecule has 0 aliphatic carbocycles. The van der Waals surface area contributed by atoms with Crippen LogP contribution in [-0.4, -0.2) is 58.1 Å². The summed E-state index contributed by atoms with van der Waals surface area (Å²) >= 11 is 0. The van der Waals surface area contributed by atoms with Crippen LogP contribution in [0.25, 0.3) is 5.52 Å². The van der Waals surface area contributed by atoms with E-state index >= 15 is 0 Å². The van der Waals surface area contributed by atoms with E-state index in [4.69, 9.17) is 29.0 Å². The molecule has 3 heterocycles. The Morgan fingerprint density at radius 1 is 0.944 bits per heavy atom. The Kier molecular flexibility index (Phi) is 19.4. The highest BCUT2D eigenvalue weighted by Crippen LogP contribution is 2.46. The van der Waals surface area contributed by atoms with Gasteiger partial charge in [0.05, 0.1) is 38.2 Å². The summed E-state index contributed by atoms with van der Waals surface area (Å²) < 4.78 is 43.4. The Hall–Kier alpha value is -2.88. The maximum atomic E-state index is 13.0. The molecule has 0 spiro atoms. The number of fused-ring (bicyclic) bond motifs is 1. The number of phosphoric acid groups is 1. The molecular formula is C41H64N5O7P. The molecule has 0 radical (unpaired) electrons. The lowest BCUT2D eigenvalue weighted by Crippen LogP contribution is -2.28. The number of nitrogen functional groups attached to an aromatic ring is 1. The van der Waals surface area contributed by atoms with Crippen LogP contribution in [0.2, 0.25) is 0 Å². The lowest BCUT2D eigenvalue weighted by atomic mass is 9.98. The number of benzene rings is 1. The van der Waals surface area contributed by atoms with E-state index in [0.717, 1.165) is 24.0 Å². The number of hydrogen-bond acceptors (Lipinski definition) is 10. The number of aryl methyl sites for hydroxylation is 1. The number of nitriles is 1. The zero-order valence-corrected chi connectivity index (χ0v) is 33.6. The molecule has 12 nitrogen and oxygen atoms in total. The molecule has 0 bridgehead atoms. The van der Waals surface area contributed by atoms with Crippen molar-refractivity contribution in [2.75, 3.05) is 32.2 Å². The molecule has 1 fully saturated rings. The SMILES string of the molecule is CCCCCCCCCCCCCCCCCCOC[C@H](COP(=O)(O)OC[C@@H]1CC[C@](C#N)(c2ccc3c(N)ncnn23)O1)OCc1ccc(C)cc1. The van der Waals surface area contributed by atoms with Gasteiger partial charge in [-0.3, -0.25) is 9.05 Å². The first-order valence-electron chi connectivity index (χ1n) is 20.3. The van der Waals surface area contributed by atoms with Crippen LogP contribution in [0.15, 0.2) is 42.7 Å². The van der Waals surface area contributed by atoms with Crippen molar-refractivity contribution in [1.82, 2.24) is 14.6 Å². The van der Waals surface area contributed by atoms with Gasteiger partial charge in [-0.15, -0.1) is 0 Å². The van der Waals surface area contributed by atoms with Crippen molar-refractivity contribution in [3.05, 3.63) is 59.5 Å². The Morgan fingerprint density at radius 3 is 2.20 bits per heavy atom. The van der Waals surface area contributed by atoms with Crippen LogP contribution >= 0.6 is 7.82 Å². The molecule has 4 atom stereocenters. The van der Waals surface area contributed by atoms with Crippen LogP contribution in [0.1, 0.15) is 139 Å². The number of hydrogen-bond donors (Lipinski definition) is 2. The first-order chi connectivity index (χ1) is 26.2. The average Bonchev–Trinajstić information content (AvgIpc) is 3.81. The largest absolute Gasteiger partial charge is 0.472 e. The van der Waals surface area contributed by atoms with Gasteiger partial charge in [0.1, 0.15) is 24.0 Å². The molecule has 4 rings (SSSR count). The molecule has 3 N–H and O–H groups in total. The Balaban J connectivity index is 1.12. The normalized spacial score (nSPS) is 18.9. The number of nitrogens with zero attached hydrogens (tertiary/aromatic N) is 4. The Morgan fingerprint density at radius 2 is 1.57 bits per heavy atom. The molecule has 0 amide bonds. The number of unbranched alkanes of at least 4 members (excludes halogenated alkanes) is 15. The summed E-state index contributed by atoms with van der Waals surface area (Å²) in [6, 6.07) is 13.7. The number of phosphoric ester groups is 1. The van der Waals surface area contributed by atoms with E-state index in [0.29, 0.717) is 37.3 Å². The van der Waals surface area contributed by atoms with Gasteiger partial charge in [0.25, 0.3) is 0 Å². The third-order valence-corrected chi connectivity index (χ3v) is 11.1. The summed E-state index contributed by atoms with van der Waals surface area (Å²) in [4.78, 5) is 14.6. The van der Waals surface area contributed by atoms with Crippen molar-refractivity contribution in [3.8, 4) is 6.07 Å². The second-order valence-corrected chi connectivity index (χ2v) is 16.2. The molecule has 0 saturated carbocycles. The van der Waals surface area contributed by atoms with Crippen molar-refractivity contribution in [3.63, 3.8) is 0 Å². The summed E-state index contributed by atoms with van der Waals surface area (Å²) in [7, 11) is -4.48. The van der Waals surface area contributed by atoms with Crippen molar-refractivity contribution < 1.29 is 32.7 Å². The predicted molar refractivity (Wildman–Crippen MR) is 211 cm³/mol. The van der Waals surface area contributed by atoms with Gasteiger partial charge < -0.3 is 24.8 Å². The van der Waals surface area contributed by atoms with Gasteiger partial charge in [-0.25, -0.2) is 14.1 Å². The molecule has 1 unspecified atom stereocenters. The molecule has 300 valence electrons. The highest BCUT2D eigenvalue weighted by Gasteiger charge is 2.45. The van der Waals surface area contributed by atoms with Crippen LogP contribution < -0.4 is 5.73 Å². The average molecular weight is 770 g/mol. The summed E-state index contributed by atoms with van der Waals surface area (Å²) in [5.41, 5.74) is 7.85. The number of aromatic nitrogens is 3. The van der Waals surface area contributed by atoms with Gasteiger partial charge in [0.2, 0.25) is 0 Å². The van der Waals surface area contributed by atoms with Crippen LogP contribution in [-0.2, 0) is 40.0 Å². The highest BCUT2D eigenvalue weighted by molar-refractivity contribution is 7.47. The monoisotopic (exact) mass is 769 g/mol. The molecule has 2 aromatic heterocycles. The fraction of sp³-hybridized carbons (Fsp3) is 0.683. The van der Waals surface area contributed by atoms with Gasteiger partial charge in [-0.2, -0.15) is 10.4 Å². The third kappa shape index (κ3) is 15.0. The van der Waals surface area contributed by atoms with Crippen LogP contribution in [0.4, 0.5) is 5.82 Å². The van der Waals surface area contributed by atoms with Gasteiger partial charge in [-0.05, 0) is 43.9 Å². The Labute approximate surface area is 322 Å². The number of anilines is 1. The molecule has 3 aromatic rings. The summed E-state index contributed by atoms with van der Waals surface area (Å²) in [5, 5.41) is 14.3. The van der Waals surface area contributed by atoms with E-state index in [1.807, 2.05) is 31.2 Å². The Bertz CT molecular complexity index is 1580. The standard InChI is InChI=1S/C41H64N5O7P/c1-3-4-5-6-7-8-9-10-11-12-13-14-15-16-17-18-27-49-29-37(50-28-35-21-19-34(2)20-22-35)31-52-54(47,48)51-30-36-25-26-41(32-42,53-36)39-24-23-38-40(43)44-33-45-46(38)39/h19-24,33,36-37H,3-18,25-31H2,1-2H3,(H,47,48)(H2,43,44,45)/t36-,37+,41-/m0/s1. The molecule has 1 saturated heterocycles. The van der Waals surface area contributed by atoms with E-state index in [2.05, 4.69) is 23.1 Å². The first kappa shape index (κ1) is 43.8. The highest BCUT2D eigenvalue weighted by atomic mass is 31.2. The van der Waals surface area contributed by atoms with Crippen LogP contribution in [0.3, 0.4) is 0 Å². The summed E-state index contributed by atoms with van der Waals surface area (Å²) in [5.74, 6) is 0.285. The smallest absolute Gasteiger partial charge is 0.382 e. The van der Waals surface area contributed by atoms with Gasteiger partial charge in [0, 0.05) is 6.61 Å². The van der Waals surface area contributed by atoms with Crippen molar-refractivity contribution in [2.45, 2.75) is 154 Å². The molecule has 1 aromatic carbocycles. The van der Waals surface area contributed by atoms with Gasteiger partial charge in [0.15, 0.2) is 11.4 Å². The van der Waals surface area contributed by atoms with Gasteiger partial charge in [-0.1, -0.05) is 133 Å².